The summed E-state index contributed by atoms with van der Waals surface area (Å²) in [7, 11) is 1.38. The van der Waals surface area contributed by atoms with E-state index in [4.69, 9.17) is 0 Å². The van der Waals surface area contributed by atoms with Crippen molar-refractivity contribution in [3.63, 3.8) is 0 Å². The van der Waals surface area contributed by atoms with Crippen LogP contribution in [0.3, 0.4) is 0 Å². The van der Waals surface area contributed by atoms with E-state index in [1.807, 2.05) is 10.6 Å². The van der Waals surface area contributed by atoms with Crippen LogP contribution in [0.1, 0.15) is 29.5 Å². The van der Waals surface area contributed by atoms with E-state index >= 15 is 0 Å². The van der Waals surface area contributed by atoms with Gasteiger partial charge in [0.1, 0.15) is 5.82 Å². The molecule has 2 rings (SSSR count). The molecule has 0 aromatic carbocycles. The van der Waals surface area contributed by atoms with Gasteiger partial charge in [-0.1, -0.05) is 6.92 Å². The molecule has 0 N–H and O–H groups in total. The van der Waals surface area contributed by atoms with Gasteiger partial charge in [-0.3, -0.25) is 0 Å². The Morgan fingerprint density at radius 1 is 1.56 bits per heavy atom. The van der Waals surface area contributed by atoms with Crippen molar-refractivity contribution in [2.75, 3.05) is 7.11 Å². The standard InChI is InChI=1S/C12H14N2O2/c1-3-4-11-13-8-10-7-9(12(15)16-2)5-6-14(10)11/h5-8H,3-4H2,1-2H3. The minimum atomic E-state index is -0.319. The van der Waals surface area contributed by atoms with Crippen LogP contribution in [0.2, 0.25) is 0 Å². The molecule has 2 aromatic heterocycles. The van der Waals surface area contributed by atoms with Gasteiger partial charge >= 0.3 is 5.97 Å². The van der Waals surface area contributed by atoms with Crippen LogP contribution in [-0.2, 0) is 11.2 Å². The van der Waals surface area contributed by atoms with Crippen molar-refractivity contribution in [1.82, 2.24) is 9.38 Å². The molecule has 0 bridgehead atoms. The summed E-state index contributed by atoms with van der Waals surface area (Å²) in [5.41, 5.74) is 1.48. The highest BCUT2D eigenvalue weighted by Gasteiger charge is 2.08. The number of imidazole rings is 1. The highest BCUT2D eigenvalue weighted by molar-refractivity contribution is 5.90. The second-order valence-corrected chi connectivity index (χ2v) is 3.63. The number of carbonyl (C=O) groups excluding carboxylic acids is 1. The lowest BCUT2D eigenvalue weighted by Gasteiger charge is -2.02. The molecular weight excluding hydrogens is 204 g/mol. The van der Waals surface area contributed by atoms with Gasteiger partial charge in [-0.2, -0.15) is 0 Å². The van der Waals surface area contributed by atoms with Crippen molar-refractivity contribution in [3.8, 4) is 0 Å². The predicted molar refractivity (Wildman–Crippen MR) is 60.5 cm³/mol. The number of hydrogen-bond donors (Lipinski definition) is 0. The fourth-order valence-electron chi connectivity index (χ4n) is 1.71. The first kappa shape index (κ1) is 10.7. The molecule has 0 spiro atoms. The molecule has 0 radical (unpaired) electrons. The number of carbonyl (C=O) groups is 1. The molecule has 0 aliphatic carbocycles. The number of aromatic nitrogens is 2. The van der Waals surface area contributed by atoms with Crippen LogP contribution in [-0.4, -0.2) is 22.5 Å². The van der Waals surface area contributed by atoms with Crippen LogP contribution in [0.5, 0.6) is 0 Å². The van der Waals surface area contributed by atoms with E-state index < -0.39 is 0 Å². The lowest BCUT2D eigenvalue weighted by atomic mass is 10.2. The topological polar surface area (TPSA) is 43.6 Å². The number of aryl methyl sites for hydroxylation is 1. The maximum atomic E-state index is 11.3. The summed E-state index contributed by atoms with van der Waals surface area (Å²) < 4.78 is 6.67. The summed E-state index contributed by atoms with van der Waals surface area (Å²) in [4.78, 5) is 15.7. The average molecular weight is 218 g/mol. The number of fused-ring (bicyclic) bond motifs is 1. The molecule has 0 fully saturated rings. The minimum absolute atomic E-state index is 0.319. The lowest BCUT2D eigenvalue weighted by Crippen LogP contribution is -2.02. The largest absolute Gasteiger partial charge is 0.465 e. The Balaban J connectivity index is 2.44. The summed E-state index contributed by atoms with van der Waals surface area (Å²) in [5.74, 6) is 0.703. The zero-order valence-corrected chi connectivity index (χ0v) is 9.43. The van der Waals surface area contributed by atoms with Crippen molar-refractivity contribution in [3.05, 3.63) is 35.9 Å². The second kappa shape index (κ2) is 4.35. The third kappa shape index (κ3) is 1.78. The van der Waals surface area contributed by atoms with Gasteiger partial charge in [-0.25, -0.2) is 9.78 Å². The number of hydrogen-bond acceptors (Lipinski definition) is 3. The molecule has 4 heteroatoms. The monoisotopic (exact) mass is 218 g/mol. The SMILES string of the molecule is CCCc1ncc2cc(C(=O)OC)ccn12. The van der Waals surface area contributed by atoms with Crippen molar-refractivity contribution in [2.24, 2.45) is 0 Å². The van der Waals surface area contributed by atoms with E-state index in [0.717, 1.165) is 24.2 Å². The van der Waals surface area contributed by atoms with E-state index in [1.165, 1.54) is 7.11 Å². The fraction of sp³-hybridized carbons (Fsp3) is 0.333. The Morgan fingerprint density at radius 2 is 2.38 bits per heavy atom. The number of esters is 1. The first-order valence-corrected chi connectivity index (χ1v) is 5.30. The normalized spacial score (nSPS) is 10.6. The molecule has 0 saturated heterocycles. The third-order valence-corrected chi connectivity index (χ3v) is 2.50. The minimum Gasteiger partial charge on any atom is -0.465 e. The summed E-state index contributed by atoms with van der Waals surface area (Å²) in [6, 6.07) is 3.54. The van der Waals surface area contributed by atoms with Gasteiger partial charge in [-0.05, 0) is 18.6 Å². The number of methoxy groups -OCH3 is 1. The molecule has 0 atom stereocenters. The van der Waals surface area contributed by atoms with Gasteiger partial charge < -0.3 is 9.14 Å². The maximum Gasteiger partial charge on any atom is 0.337 e. The number of nitrogens with zero attached hydrogens (tertiary/aromatic N) is 2. The molecule has 0 aliphatic heterocycles. The first-order chi connectivity index (χ1) is 7.76. The average Bonchev–Trinajstić information content (AvgIpc) is 2.71. The van der Waals surface area contributed by atoms with Crippen LogP contribution in [0.15, 0.2) is 24.5 Å². The molecule has 2 aromatic rings. The Morgan fingerprint density at radius 3 is 3.06 bits per heavy atom. The quantitative estimate of drug-likeness (QED) is 0.741. The predicted octanol–water partition coefficient (Wildman–Crippen LogP) is 2.07. The molecule has 84 valence electrons. The van der Waals surface area contributed by atoms with Gasteiger partial charge in [0, 0.05) is 12.6 Å². The van der Waals surface area contributed by atoms with Crippen molar-refractivity contribution in [1.29, 1.82) is 0 Å². The molecule has 4 nitrogen and oxygen atoms in total. The van der Waals surface area contributed by atoms with E-state index in [0.29, 0.717) is 5.56 Å². The van der Waals surface area contributed by atoms with Gasteiger partial charge in [0.15, 0.2) is 0 Å². The van der Waals surface area contributed by atoms with Crippen LogP contribution < -0.4 is 0 Å². The number of ether oxygens (including phenoxy) is 1. The molecule has 0 saturated carbocycles. The Labute approximate surface area is 93.9 Å². The van der Waals surface area contributed by atoms with Crippen LogP contribution in [0.25, 0.3) is 5.52 Å². The van der Waals surface area contributed by atoms with Crippen LogP contribution >= 0.6 is 0 Å². The molecule has 0 unspecified atom stereocenters. The molecule has 0 aliphatic rings. The summed E-state index contributed by atoms with van der Waals surface area (Å²) in [5, 5.41) is 0. The van der Waals surface area contributed by atoms with E-state index in [9.17, 15) is 4.79 Å². The Hall–Kier alpha value is -1.84. The molecule has 2 heterocycles. The second-order valence-electron chi connectivity index (χ2n) is 3.63. The zero-order chi connectivity index (χ0) is 11.5. The van der Waals surface area contributed by atoms with E-state index in [1.54, 1.807) is 18.3 Å². The molecule has 16 heavy (non-hydrogen) atoms. The Kier molecular flexibility index (Phi) is 2.90. The van der Waals surface area contributed by atoms with Gasteiger partial charge in [0.25, 0.3) is 0 Å². The summed E-state index contributed by atoms with van der Waals surface area (Å²) >= 11 is 0. The maximum absolute atomic E-state index is 11.3. The van der Waals surface area contributed by atoms with Gasteiger partial charge in [-0.15, -0.1) is 0 Å². The summed E-state index contributed by atoms with van der Waals surface area (Å²) in [6.07, 6.45) is 5.63. The third-order valence-electron chi connectivity index (χ3n) is 2.50. The smallest absolute Gasteiger partial charge is 0.337 e. The highest BCUT2D eigenvalue weighted by Crippen LogP contribution is 2.11. The number of pyridine rings is 1. The fourth-order valence-corrected chi connectivity index (χ4v) is 1.71. The van der Waals surface area contributed by atoms with Crippen molar-refractivity contribution in [2.45, 2.75) is 19.8 Å². The van der Waals surface area contributed by atoms with Crippen LogP contribution in [0, 0.1) is 0 Å². The first-order valence-electron chi connectivity index (χ1n) is 5.30. The molecular formula is C12H14N2O2. The van der Waals surface area contributed by atoms with E-state index in [-0.39, 0.29) is 5.97 Å². The summed E-state index contributed by atoms with van der Waals surface area (Å²) in [6.45, 7) is 2.11. The molecule has 0 amide bonds. The van der Waals surface area contributed by atoms with Gasteiger partial charge in [0.05, 0.1) is 24.4 Å². The number of rotatable bonds is 3. The van der Waals surface area contributed by atoms with E-state index in [2.05, 4.69) is 16.6 Å². The highest BCUT2D eigenvalue weighted by atomic mass is 16.5. The van der Waals surface area contributed by atoms with Crippen molar-refractivity contribution < 1.29 is 9.53 Å². The lowest BCUT2D eigenvalue weighted by molar-refractivity contribution is 0.0600. The van der Waals surface area contributed by atoms with Crippen LogP contribution in [0.4, 0.5) is 0 Å². The Bertz CT molecular complexity index is 517. The van der Waals surface area contributed by atoms with Crippen molar-refractivity contribution >= 4 is 11.5 Å². The zero-order valence-electron chi connectivity index (χ0n) is 9.43. The van der Waals surface area contributed by atoms with Gasteiger partial charge in [0.2, 0.25) is 0 Å².